The van der Waals surface area contributed by atoms with Crippen LogP contribution in [0.3, 0.4) is 0 Å². The van der Waals surface area contributed by atoms with Crippen LogP contribution in [0.25, 0.3) is 0 Å². The molecular weight excluding hydrogens is 527 g/mol. The van der Waals surface area contributed by atoms with Crippen LogP contribution in [0.1, 0.15) is 63.4 Å². The zero-order chi connectivity index (χ0) is 22.3. The molecule has 0 N–H and O–H groups in total. The minimum atomic E-state index is -0.339. The molecule has 0 fully saturated rings. The van der Waals surface area contributed by atoms with Gasteiger partial charge in [-0.3, -0.25) is 6.08 Å². The first-order chi connectivity index (χ1) is 14.7. The van der Waals surface area contributed by atoms with Gasteiger partial charge in [0.2, 0.25) is 0 Å². The van der Waals surface area contributed by atoms with Gasteiger partial charge in [-0.25, -0.2) is 5.57 Å². The van der Waals surface area contributed by atoms with Crippen molar-refractivity contribution in [1.82, 2.24) is 0 Å². The minimum Gasteiger partial charge on any atom is -1.00 e. The van der Waals surface area contributed by atoms with Gasteiger partial charge in [0.25, 0.3) is 0 Å². The average molecular weight is 560 g/mol. The summed E-state index contributed by atoms with van der Waals surface area (Å²) in [5, 5.41) is 0. The third-order valence-electron chi connectivity index (χ3n) is 6.49. The van der Waals surface area contributed by atoms with E-state index in [1.807, 2.05) is 0 Å². The summed E-state index contributed by atoms with van der Waals surface area (Å²) in [5.41, 5.74) is 14.3. The zero-order valence-electron chi connectivity index (χ0n) is 21.6. The van der Waals surface area contributed by atoms with Gasteiger partial charge in [-0.1, -0.05) is 101 Å². The summed E-state index contributed by atoms with van der Waals surface area (Å²) in [6, 6.07) is 21.2. The second-order valence-electron chi connectivity index (χ2n) is 9.54. The van der Waals surface area contributed by atoms with Gasteiger partial charge in [-0.2, -0.15) is 11.6 Å². The summed E-state index contributed by atoms with van der Waals surface area (Å²) in [6.45, 7) is 15.5. The molecule has 0 bridgehead atoms. The van der Waals surface area contributed by atoms with Crippen molar-refractivity contribution in [3.05, 3.63) is 128 Å². The van der Waals surface area contributed by atoms with Gasteiger partial charge < -0.3 is 37.2 Å². The first kappa shape index (κ1) is 33.7. The molecule has 0 unspecified atom stereocenters. The Hall–Kier alpha value is -1.28. The fraction of sp³-hybridized carbons (Fsp3) is 0.290. The maximum absolute atomic E-state index is 3.53. The predicted molar refractivity (Wildman–Crippen MR) is 133 cm³/mol. The number of benzene rings is 3. The fourth-order valence-electron chi connectivity index (χ4n) is 5.58. The molecular formula is C31H33Cl3Ti. The van der Waals surface area contributed by atoms with Crippen LogP contribution in [-0.2, 0) is 27.1 Å². The first-order valence-electron chi connectivity index (χ1n) is 11.2. The molecule has 0 amide bonds. The van der Waals surface area contributed by atoms with Gasteiger partial charge in [0, 0.05) is 5.41 Å². The summed E-state index contributed by atoms with van der Waals surface area (Å²) in [6.07, 6.45) is 6.66. The quantitative estimate of drug-likeness (QED) is 0.218. The number of aryl methyl sites for hydroxylation is 6. The molecule has 0 nitrogen and oxygen atoms in total. The van der Waals surface area contributed by atoms with Crippen molar-refractivity contribution in [2.45, 2.75) is 60.3 Å². The minimum absolute atomic E-state index is 0. The number of allylic oxidation sites excluding steroid dienone is 4. The molecule has 3 aromatic carbocycles. The molecule has 182 valence electrons. The van der Waals surface area contributed by atoms with E-state index in [9.17, 15) is 0 Å². The second-order valence-corrected chi connectivity index (χ2v) is 9.54. The molecule has 1 aliphatic carbocycles. The third-order valence-corrected chi connectivity index (χ3v) is 6.49. The molecule has 35 heavy (non-hydrogen) atoms. The number of hydrogen-bond acceptors (Lipinski definition) is 0. The Morgan fingerprint density at radius 3 is 1.03 bits per heavy atom. The molecule has 0 aromatic heterocycles. The third kappa shape index (κ3) is 6.54. The molecule has 0 aliphatic heterocycles. The van der Waals surface area contributed by atoms with Crippen molar-refractivity contribution in [2.75, 3.05) is 0 Å². The van der Waals surface area contributed by atoms with Gasteiger partial charge in [-0.15, -0.1) is 0 Å². The molecule has 0 saturated carbocycles. The summed E-state index contributed by atoms with van der Waals surface area (Å²) in [4.78, 5) is 0. The van der Waals surface area contributed by atoms with Crippen LogP contribution >= 0.6 is 0 Å². The number of rotatable bonds is 4. The standard InChI is InChI=1S/C31H33.3ClH.Ti/c1-20-11-21(2)15-27(14-20)31(30-10-8-9-26(30)7,28-16-22(3)12-23(4)17-28)29-18-24(5)13-25(6)19-29;;;;/h8,11-19H,10H2,1-7H3;3*1H;/q-1;;;;+4/p-3. The Morgan fingerprint density at radius 1 is 0.514 bits per heavy atom. The summed E-state index contributed by atoms with van der Waals surface area (Å²) in [5.74, 6) is 0. The van der Waals surface area contributed by atoms with E-state index in [-0.39, 0.29) is 64.4 Å². The van der Waals surface area contributed by atoms with E-state index in [0.29, 0.717) is 0 Å². The van der Waals surface area contributed by atoms with E-state index >= 15 is 0 Å². The Labute approximate surface area is 245 Å². The van der Waals surface area contributed by atoms with Gasteiger partial charge in [0.05, 0.1) is 0 Å². The molecule has 0 heterocycles. The normalized spacial score (nSPS) is 12.3. The molecule has 4 heteroatoms. The van der Waals surface area contributed by atoms with Gasteiger partial charge in [-0.05, 0) is 58.2 Å². The molecule has 1 aliphatic rings. The van der Waals surface area contributed by atoms with Crippen LogP contribution in [0.2, 0.25) is 0 Å². The monoisotopic (exact) mass is 558 g/mol. The van der Waals surface area contributed by atoms with Crippen LogP contribution in [0.5, 0.6) is 0 Å². The summed E-state index contributed by atoms with van der Waals surface area (Å²) in [7, 11) is 0. The Morgan fingerprint density at radius 2 is 0.800 bits per heavy atom. The predicted octanol–water partition coefficient (Wildman–Crippen LogP) is -1.04. The van der Waals surface area contributed by atoms with E-state index in [4.69, 9.17) is 0 Å². The van der Waals surface area contributed by atoms with E-state index in [1.165, 1.54) is 61.2 Å². The van der Waals surface area contributed by atoms with E-state index in [2.05, 4.69) is 115 Å². The Bertz CT molecular complexity index is 1050. The van der Waals surface area contributed by atoms with E-state index < -0.39 is 0 Å². The average Bonchev–Trinajstić information content (AvgIpc) is 3.06. The number of hydrogen-bond donors (Lipinski definition) is 0. The molecule has 0 radical (unpaired) electrons. The SMILES string of the molecule is CC1=C(C(c2cc(C)cc(C)c2)(c2cc(C)cc(C)c2)c2cc(C)cc(C)c2)CC=[C-]1.[Cl-].[Cl-].[Cl-].[Ti+4]. The van der Waals surface area contributed by atoms with Crippen LogP contribution in [0.4, 0.5) is 0 Å². The van der Waals surface area contributed by atoms with Gasteiger partial charge in [0.15, 0.2) is 0 Å². The first-order valence-corrected chi connectivity index (χ1v) is 11.2. The van der Waals surface area contributed by atoms with Crippen molar-refractivity contribution in [3.8, 4) is 0 Å². The van der Waals surface area contributed by atoms with Gasteiger partial charge in [0.1, 0.15) is 0 Å². The Kier molecular flexibility index (Phi) is 12.8. The fourth-order valence-corrected chi connectivity index (χ4v) is 5.58. The molecule has 3 aromatic rings. The van der Waals surface area contributed by atoms with Crippen LogP contribution in [0, 0.1) is 47.6 Å². The molecule has 0 spiro atoms. The maximum Gasteiger partial charge on any atom is 4.00 e. The molecule has 4 rings (SSSR count). The largest absolute Gasteiger partial charge is 4.00 e. The topological polar surface area (TPSA) is 0 Å². The van der Waals surface area contributed by atoms with Crippen LogP contribution < -0.4 is 37.2 Å². The van der Waals surface area contributed by atoms with Gasteiger partial charge >= 0.3 is 21.7 Å². The summed E-state index contributed by atoms with van der Waals surface area (Å²) >= 11 is 0. The summed E-state index contributed by atoms with van der Waals surface area (Å²) < 4.78 is 0. The van der Waals surface area contributed by atoms with E-state index in [0.717, 1.165) is 6.42 Å². The van der Waals surface area contributed by atoms with Crippen LogP contribution in [0.15, 0.2) is 71.8 Å². The maximum atomic E-state index is 3.53. The zero-order valence-corrected chi connectivity index (χ0v) is 25.4. The van der Waals surface area contributed by atoms with E-state index in [1.54, 1.807) is 0 Å². The number of halogens is 3. The second kappa shape index (κ2) is 13.3. The molecule has 0 atom stereocenters. The van der Waals surface area contributed by atoms with Crippen molar-refractivity contribution in [2.24, 2.45) is 0 Å². The van der Waals surface area contributed by atoms with Crippen molar-refractivity contribution in [3.63, 3.8) is 0 Å². The van der Waals surface area contributed by atoms with Crippen molar-refractivity contribution < 1.29 is 58.9 Å². The molecule has 0 saturated heterocycles. The smallest absolute Gasteiger partial charge is 1.00 e. The van der Waals surface area contributed by atoms with Crippen molar-refractivity contribution in [1.29, 1.82) is 0 Å². The van der Waals surface area contributed by atoms with Crippen molar-refractivity contribution >= 4 is 0 Å². The van der Waals surface area contributed by atoms with Crippen LogP contribution in [-0.4, -0.2) is 0 Å². The Balaban J connectivity index is 0.00000289.